The Morgan fingerprint density at radius 1 is 1.32 bits per heavy atom. The van der Waals surface area contributed by atoms with Crippen LogP contribution in [0, 0.1) is 0 Å². The van der Waals surface area contributed by atoms with E-state index in [1.165, 1.54) is 6.42 Å². The quantitative estimate of drug-likeness (QED) is 0.857. The largest absolute Gasteiger partial charge is 0.474 e. The van der Waals surface area contributed by atoms with E-state index in [0.717, 1.165) is 43.9 Å². The summed E-state index contributed by atoms with van der Waals surface area (Å²) in [7, 11) is 1.78. The minimum Gasteiger partial charge on any atom is -0.474 e. The van der Waals surface area contributed by atoms with Gasteiger partial charge < -0.3 is 14.8 Å². The molecule has 2 unspecified atom stereocenters. The maximum absolute atomic E-state index is 5.99. The van der Waals surface area contributed by atoms with Gasteiger partial charge in [0.05, 0.1) is 11.8 Å². The number of aromatic nitrogens is 1. The molecule has 0 radical (unpaired) electrons. The van der Waals surface area contributed by atoms with Crippen LogP contribution in [0.25, 0.3) is 0 Å². The van der Waals surface area contributed by atoms with E-state index >= 15 is 0 Å². The molecule has 1 saturated carbocycles. The fraction of sp³-hybridized carbons (Fsp3) is 0.667. The van der Waals surface area contributed by atoms with Crippen molar-refractivity contribution in [3.05, 3.63) is 23.9 Å². The SMILES string of the molecule is CCNCc1cccc(OC2CCCC(OC)C2)n1. The van der Waals surface area contributed by atoms with E-state index in [9.17, 15) is 0 Å². The van der Waals surface area contributed by atoms with Crippen LogP contribution >= 0.6 is 0 Å². The van der Waals surface area contributed by atoms with Crippen molar-refractivity contribution in [3.8, 4) is 5.88 Å². The first-order chi connectivity index (χ1) is 9.31. The smallest absolute Gasteiger partial charge is 0.213 e. The summed E-state index contributed by atoms with van der Waals surface area (Å²) in [5.41, 5.74) is 1.03. The highest BCUT2D eigenvalue weighted by Gasteiger charge is 2.23. The molecule has 19 heavy (non-hydrogen) atoms. The van der Waals surface area contributed by atoms with E-state index in [0.29, 0.717) is 6.10 Å². The lowest BCUT2D eigenvalue weighted by Crippen LogP contribution is -2.29. The van der Waals surface area contributed by atoms with Gasteiger partial charge in [0, 0.05) is 26.1 Å². The maximum atomic E-state index is 5.99. The summed E-state index contributed by atoms with van der Waals surface area (Å²) in [6, 6.07) is 5.96. The van der Waals surface area contributed by atoms with Crippen LogP contribution in [-0.2, 0) is 11.3 Å². The van der Waals surface area contributed by atoms with Gasteiger partial charge in [-0.25, -0.2) is 4.98 Å². The zero-order valence-corrected chi connectivity index (χ0v) is 11.9. The average molecular weight is 264 g/mol. The number of ether oxygens (including phenoxy) is 2. The Labute approximate surface area is 115 Å². The molecule has 1 aromatic heterocycles. The zero-order valence-electron chi connectivity index (χ0n) is 11.9. The minimum atomic E-state index is 0.237. The number of nitrogens with one attached hydrogen (secondary N) is 1. The molecule has 0 amide bonds. The molecule has 1 N–H and O–H groups in total. The molecule has 2 rings (SSSR count). The molecule has 4 heteroatoms. The van der Waals surface area contributed by atoms with E-state index < -0.39 is 0 Å². The molecular formula is C15H24N2O2. The number of pyridine rings is 1. The van der Waals surface area contributed by atoms with Crippen molar-refractivity contribution in [2.75, 3.05) is 13.7 Å². The van der Waals surface area contributed by atoms with Crippen molar-refractivity contribution in [3.63, 3.8) is 0 Å². The summed E-state index contributed by atoms with van der Waals surface area (Å²) >= 11 is 0. The standard InChI is InChI=1S/C15H24N2O2/c1-3-16-11-12-6-4-9-15(17-12)19-14-8-5-7-13(10-14)18-2/h4,6,9,13-14,16H,3,5,7-8,10-11H2,1-2H3. The molecule has 0 saturated heterocycles. The molecule has 0 bridgehead atoms. The molecule has 1 aromatic rings. The number of methoxy groups -OCH3 is 1. The molecule has 2 atom stereocenters. The summed E-state index contributed by atoms with van der Waals surface area (Å²) in [5, 5.41) is 3.27. The van der Waals surface area contributed by atoms with E-state index in [2.05, 4.69) is 17.2 Å². The van der Waals surface area contributed by atoms with Crippen molar-refractivity contribution >= 4 is 0 Å². The van der Waals surface area contributed by atoms with Gasteiger partial charge in [0.1, 0.15) is 6.10 Å². The number of nitrogens with zero attached hydrogens (tertiary/aromatic N) is 1. The van der Waals surface area contributed by atoms with Crippen molar-refractivity contribution in [1.29, 1.82) is 0 Å². The Balaban J connectivity index is 1.90. The van der Waals surface area contributed by atoms with E-state index in [4.69, 9.17) is 9.47 Å². The maximum Gasteiger partial charge on any atom is 0.213 e. The van der Waals surface area contributed by atoms with Gasteiger partial charge >= 0.3 is 0 Å². The molecule has 1 aliphatic rings. The van der Waals surface area contributed by atoms with Crippen molar-refractivity contribution in [2.24, 2.45) is 0 Å². The topological polar surface area (TPSA) is 43.4 Å². The van der Waals surface area contributed by atoms with Crippen LogP contribution < -0.4 is 10.1 Å². The van der Waals surface area contributed by atoms with Gasteiger partial charge in [-0.05, 0) is 31.9 Å². The summed E-state index contributed by atoms with van der Waals surface area (Å²) in [6.07, 6.45) is 4.95. The first kappa shape index (κ1) is 14.3. The first-order valence-electron chi connectivity index (χ1n) is 7.18. The Hall–Kier alpha value is -1.13. The van der Waals surface area contributed by atoms with Gasteiger partial charge in [-0.1, -0.05) is 13.0 Å². The van der Waals surface area contributed by atoms with Gasteiger partial charge in [-0.3, -0.25) is 0 Å². The van der Waals surface area contributed by atoms with Gasteiger partial charge in [0.25, 0.3) is 0 Å². The predicted octanol–water partition coefficient (Wildman–Crippen LogP) is 2.53. The molecule has 1 fully saturated rings. The Kier molecular flexibility index (Phi) is 5.61. The van der Waals surface area contributed by atoms with E-state index in [1.807, 2.05) is 18.2 Å². The highest BCUT2D eigenvalue weighted by molar-refractivity contribution is 5.16. The monoisotopic (exact) mass is 264 g/mol. The van der Waals surface area contributed by atoms with Crippen molar-refractivity contribution in [1.82, 2.24) is 10.3 Å². The normalized spacial score (nSPS) is 23.3. The summed E-state index contributed by atoms with van der Waals surface area (Å²) < 4.78 is 11.4. The van der Waals surface area contributed by atoms with Crippen molar-refractivity contribution < 1.29 is 9.47 Å². The highest BCUT2D eigenvalue weighted by atomic mass is 16.5. The first-order valence-corrected chi connectivity index (χ1v) is 7.18. The van der Waals surface area contributed by atoms with E-state index in [1.54, 1.807) is 7.11 Å². The lowest BCUT2D eigenvalue weighted by Gasteiger charge is -2.28. The summed E-state index contributed by atoms with van der Waals surface area (Å²) in [5.74, 6) is 0.733. The van der Waals surface area contributed by atoms with Crippen LogP contribution in [0.5, 0.6) is 5.88 Å². The Morgan fingerprint density at radius 2 is 2.16 bits per heavy atom. The Bertz CT molecular complexity index is 384. The van der Waals surface area contributed by atoms with Crippen LogP contribution in [0.1, 0.15) is 38.3 Å². The third-order valence-electron chi connectivity index (χ3n) is 3.54. The molecule has 4 nitrogen and oxygen atoms in total. The molecule has 1 aliphatic carbocycles. The van der Waals surface area contributed by atoms with Gasteiger partial charge in [0.2, 0.25) is 5.88 Å². The van der Waals surface area contributed by atoms with Crippen LogP contribution in [0.2, 0.25) is 0 Å². The van der Waals surface area contributed by atoms with Crippen LogP contribution in [0.15, 0.2) is 18.2 Å². The second-order valence-corrected chi connectivity index (χ2v) is 5.01. The van der Waals surface area contributed by atoms with Crippen LogP contribution in [0.3, 0.4) is 0 Å². The lowest BCUT2D eigenvalue weighted by molar-refractivity contribution is 0.0194. The number of rotatable bonds is 6. The minimum absolute atomic E-state index is 0.237. The number of hydrogen-bond donors (Lipinski definition) is 1. The second-order valence-electron chi connectivity index (χ2n) is 5.01. The molecule has 0 spiro atoms. The average Bonchev–Trinajstić information content (AvgIpc) is 2.46. The predicted molar refractivity (Wildman–Crippen MR) is 75.3 cm³/mol. The Morgan fingerprint density at radius 3 is 2.95 bits per heavy atom. The number of hydrogen-bond acceptors (Lipinski definition) is 4. The second kappa shape index (κ2) is 7.46. The van der Waals surface area contributed by atoms with Crippen LogP contribution in [0.4, 0.5) is 0 Å². The van der Waals surface area contributed by atoms with Gasteiger partial charge in [-0.15, -0.1) is 0 Å². The lowest BCUT2D eigenvalue weighted by atomic mass is 9.95. The molecule has 0 aliphatic heterocycles. The molecule has 106 valence electrons. The molecule has 1 heterocycles. The van der Waals surface area contributed by atoms with Crippen LogP contribution in [-0.4, -0.2) is 30.8 Å². The zero-order chi connectivity index (χ0) is 13.5. The third kappa shape index (κ3) is 4.48. The molecular weight excluding hydrogens is 240 g/mol. The summed E-state index contributed by atoms with van der Waals surface area (Å²) in [4.78, 5) is 4.53. The third-order valence-corrected chi connectivity index (χ3v) is 3.54. The fourth-order valence-electron chi connectivity index (χ4n) is 2.47. The molecule has 0 aromatic carbocycles. The fourth-order valence-corrected chi connectivity index (χ4v) is 2.47. The highest BCUT2D eigenvalue weighted by Crippen LogP contribution is 2.24. The summed E-state index contributed by atoms with van der Waals surface area (Å²) in [6.45, 7) is 3.83. The van der Waals surface area contributed by atoms with Crippen molar-refractivity contribution in [2.45, 2.75) is 51.4 Å². The van der Waals surface area contributed by atoms with Gasteiger partial charge in [0.15, 0.2) is 0 Å². The van der Waals surface area contributed by atoms with E-state index in [-0.39, 0.29) is 6.10 Å². The van der Waals surface area contributed by atoms with Gasteiger partial charge in [-0.2, -0.15) is 0 Å².